The predicted octanol–water partition coefficient (Wildman–Crippen LogP) is 6.72. The Balaban J connectivity index is 1.72. The molecule has 0 radical (unpaired) electrons. The second-order valence-corrected chi connectivity index (χ2v) is 8.00. The normalized spacial score (nSPS) is 11.6. The maximum atomic E-state index is 13.2. The van der Waals surface area contributed by atoms with E-state index in [1.807, 2.05) is 91.5 Å². The van der Waals surface area contributed by atoms with Crippen molar-refractivity contribution in [3.8, 4) is 5.75 Å². The molecule has 3 rings (SSSR count). The Morgan fingerprint density at radius 1 is 0.935 bits per heavy atom. The summed E-state index contributed by atoms with van der Waals surface area (Å²) < 4.78 is 5.97. The number of benzene rings is 3. The fourth-order valence-corrected chi connectivity index (χ4v) is 3.51. The molecule has 0 saturated heterocycles. The van der Waals surface area contributed by atoms with E-state index in [9.17, 15) is 4.79 Å². The van der Waals surface area contributed by atoms with Crippen molar-refractivity contribution in [2.45, 2.75) is 53.3 Å². The second-order valence-electron chi connectivity index (χ2n) is 8.00. The zero-order valence-corrected chi connectivity index (χ0v) is 18.9. The standard InChI is InChI=1S/C27H32N2O2/c1-5-22(4)29(27(30)28-26-20(2)11-9-12-21(26)3)18-24-15-10-16-25(17-24)31-19-23-13-7-6-8-14-23/h6-17,22H,5,18-19H2,1-4H3,(H,28,30). The van der Waals surface area contributed by atoms with Gasteiger partial charge in [0.2, 0.25) is 0 Å². The molecule has 0 saturated carbocycles. The average Bonchev–Trinajstić information content (AvgIpc) is 2.79. The number of carbonyl (C=O) groups is 1. The first-order chi connectivity index (χ1) is 15.0. The summed E-state index contributed by atoms with van der Waals surface area (Å²) in [6.07, 6.45) is 0.879. The lowest BCUT2D eigenvalue weighted by Gasteiger charge is -2.29. The van der Waals surface area contributed by atoms with E-state index in [2.05, 4.69) is 19.2 Å². The van der Waals surface area contributed by atoms with E-state index >= 15 is 0 Å². The molecule has 1 unspecified atom stereocenters. The van der Waals surface area contributed by atoms with Crippen LogP contribution in [0.1, 0.15) is 42.5 Å². The first-order valence-corrected chi connectivity index (χ1v) is 10.9. The van der Waals surface area contributed by atoms with Gasteiger partial charge in [0.15, 0.2) is 0 Å². The van der Waals surface area contributed by atoms with E-state index in [0.717, 1.165) is 40.1 Å². The summed E-state index contributed by atoms with van der Waals surface area (Å²) in [7, 11) is 0. The Labute approximate surface area is 185 Å². The summed E-state index contributed by atoms with van der Waals surface area (Å²) in [6.45, 7) is 9.26. The molecular weight excluding hydrogens is 384 g/mol. The highest BCUT2D eigenvalue weighted by Gasteiger charge is 2.20. The minimum Gasteiger partial charge on any atom is -0.489 e. The summed E-state index contributed by atoms with van der Waals surface area (Å²) in [5.41, 5.74) is 5.19. The molecular formula is C27H32N2O2. The van der Waals surface area contributed by atoms with Crippen LogP contribution < -0.4 is 10.1 Å². The monoisotopic (exact) mass is 416 g/mol. The van der Waals surface area contributed by atoms with E-state index < -0.39 is 0 Å². The predicted molar refractivity (Wildman–Crippen MR) is 127 cm³/mol. The maximum absolute atomic E-state index is 13.2. The third kappa shape index (κ3) is 6.11. The van der Waals surface area contributed by atoms with Crippen LogP contribution in [-0.4, -0.2) is 17.0 Å². The quantitative estimate of drug-likeness (QED) is 0.443. The van der Waals surface area contributed by atoms with Gasteiger partial charge in [-0.2, -0.15) is 0 Å². The lowest BCUT2D eigenvalue weighted by Crippen LogP contribution is -2.40. The van der Waals surface area contributed by atoms with Crippen molar-refractivity contribution < 1.29 is 9.53 Å². The fourth-order valence-electron chi connectivity index (χ4n) is 3.51. The van der Waals surface area contributed by atoms with E-state index in [1.165, 1.54) is 0 Å². The second kappa shape index (κ2) is 10.7. The first kappa shape index (κ1) is 22.4. The summed E-state index contributed by atoms with van der Waals surface area (Å²) >= 11 is 0. The topological polar surface area (TPSA) is 41.6 Å². The molecule has 0 aromatic heterocycles. The molecule has 31 heavy (non-hydrogen) atoms. The largest absolute Gasteiger partial charge is 0.489 e. The van der Waals surface area contributed by atoms with Gasteiger partial charge in [-0.15, -0.1) is 0 Å². The number of para-hydroxylation sites is 1. The van der Waals surface area contributed by atoms with Gasteiger partial charge < -0.3 is 15.0 Å². The zero-order chi connectivity index (χ0) is 22.2. The number of carbonyl (C=O) groups excluding carboxylic acids is 1. The van der Waals surface area contributed by atoms with Gasteiger partial charge in [0.05, 0.1) is 0 Å². The Hall–Kier alpha value is -3.27. The fraction of sp³-hybridized carbons (Fsp3) is 0.296. The number of urea groups is 1. The van der Waals surface area contributed by atoms with Crippen LogP contribution in [0.5, 0.6) is 5.75 Å². The number of nitrogens with one attached hydrogen (secondary N) is 1. The number of anilines is 1. The van der Waals surface area contributed by atoms with Gasteiger partial charge in [-0.3, -0.25) is 0 Å². The van der Waals surface area contributed by atoms with Crippen molar-refractivity contribution in [3.63, 3.8) is 0 Å². The van der Waals surface area contributed by atoms with Crippen molar-refractivity contribution in [2.75, 3.05) is 5.32 Å². The summed E-state index contributed by atoms with van der Waals surface area (Å²) in [5.74, 6) is 0.806. The van der Waals surface area contributed by atoms with Gasteiger partial charge in [-0.25, -0.2) is 4.79 Å². The highest BCUT2D eigenvalue weighted by molar-refractivity contribution is 5.91. The number of ether oxygens (including phenoxy) is 1. The van der Waals surface area contributed by atoms with Crippen molar-refractivity contribution in [3.05, 3.63) is 95.1 Å². The van der Waals surface area contributed by atoms with Gasteiger partial charge in [-0.1, -0.05) is 67.6 Å². The molecule has 3 aromatic rings. The molecule has 0 bridgehead atoms. The van der Waals surface area contributed by atoms with Crippen molar-refractivity contribution in [1.29, 1.82) is 0 Å². The van der Waals surface area contributed by atoms with E-state index in [4.69, 9.17) is 4.74 Å². The SMILES string of the molecule is CCC(C)N(Cc1cccc(OCc2ccccc2)c1)C(=O)Nc1c(C)cccc1C. The third-order valence-electron chi connectivity index (χ3n) is 5.60. The van der Waals surface area contributed by atoms with Gasteiger partial charge >= 0.3 is 6.03 Å². The molecule has 0 aliphatic heterocycles. The molecule has 162 valence electrons. The van der Waals surface area contributed by atoms with Crippen molar-refractivity contribution in [1.82, 2.24) is 4.90 Å². The van der Waals surface area contributed by atoms with Crippen LogP contribution in [0.25, 0.3) is 0 Å². The zero-order valence-electron chi connectivity index (χ0n) is 18.9. The highest BCUT2D eigenvalue weighted by atomic mass is 16.5. The summed E-state index contributed by atoms with van der Waals surface area (Å²) in [4.78, 5) is 15.1. The third-order valence-corrected chi connectivity index (χ3v) is 5.60. The molecule has 0 aliphatic carbocycles. The number of nitrogens with zero attached hydrogens (tertiary/aromatic N) is 1. The molecule has 4 heteroatoms. The molecule has 1 atom stereocenters. The van der Waals surface area contributed by atoms with Crippen LogP contribution in [0.15, 0.2) is 72.8 Å². The number of aryl methyl sites for hydroxylation is 2. The Bertz CT molecular complexity index is 981. The van der Waals surface area contributed by atoms with E-state index in [1.54, 1.807) is 0 Å². The lowest BCUT2D eigenvalue weighted by atomic mass is 10.1. The van der Waals surface area contributed by atoms with Crippen LogP contribution in [0.3, 0.4) is 0 Å². The molecule has 4 nitrogen and oxygen atoms in total. The van der Waals surface area contributed by atoms with Crippen molar-refractivity contribution in [2.24, 2.45) is 0 Å². The Morgan fingerprint density at radius 3 is 2.26 bits per heavy atom. The van der Waals surface area contributed by atoms with Crippen molar-refractivity contribution >= 4 is 11.7 Å². The van der Waals surface area contributed by atoms with Crippen LogP contribution >= 0.6 is 0 Å². The minimum atomic E-state index is -0.0812. The summed E-state index contributed by atoms with van der Waals surface area (Å²) in [5, 5.41) is 3.13. The van der Waals surface area contributed by atoms with E-state index in [-0.39, 0.29) is 12.1 Å². The highest BCUT2D eigenvalue weighted by Crippen LogP contribution is 2.22. The Morgan fingerprint density at radius 2 is 1.58 bits per heavy atom. The van der Waals surface area contributed by atoms with E-state index in [0.29, 0.717) is 13.2 Å². The van der Waals surface area contributed by atoms with Gasteiger partial charge in [-0.05, 0) is 61.6 Å². The molecule has 2 amide bonds. The number of amides is 2. The lowest BCUT2D eigenvalue weighted by molar-refractivity contribution is 0.187. The molecule has 0 aliphatic rings. The van der Waals surface area contributed by atoms with Gasteiger partial charge in [0.1, 0.15) is 12.4 Å². The number of rotatable bonds is 8. The van der Waals surface area contributed by atoms with Crippen LogP contribution in [0, 0.1) is 13.8 Å². The first-order valence-electron chi connectivity index (χ1n) is 10.9. The molecule has 0 spiro atoms. The Kier molecular flexibility index (Phi) is 7.71. The minimum absolute atomic E-state index is 0.0812. The molecule has 3 aromatic carbocycles. The van der Waals surface area contributed by atoms with Gasteiger partial charge in [0.25, 0.3) is 0 Å². The van der Waals surface area contributed by atoms with Crippen LogP contribution in [-0.2, 0) is 13.2 Å². The molecule has 0 heterocycles. The molecule has 0 fully saturated rings. The summed E-state index contributed by atoms with van der Waals surface area (Å²) in [6, 6.07) is 24.2. The van der Waals surface area contributed by atoms with Crippen LogP contribution in [0.4, 0.5) is 10.5 Å². The van der Waals surface area contributed by atoms with Crippen LogP contribution in [0.2, 0.25) is 0 Å². The molecule has 1 N–H and O–H groups in total. The number of hydrogen-bond acceptors (Lipinski definition) is 2. The van der Waals surface area contributed by atoms with Gasteiger partial charge in [0, 0.05) is 18.3 Å². The average molecular weight is 417 g/mol. The smallest absolute Gasteiger partial charge is 0.322 e. The maximum Gasteiger partial charge on any atom is 0.322 e. The number of hydrogen-bond donors (Lipinski definition) is 1.